The van der Waals surface area contributed by atoms with E-state index < -0.39 is 0 Å². The van der Waals surface area contributed by atoms with Gasteiger partial charge in [-0.3, -0.25) is 4.79 Å². The summed E-state index contributed by atoms with van der Waals surface area (Å²) >= 11 is 5.71. The molecular formula is C15H18ClNO3. The number of fused-ring (bicyclic) bond motifs is 1. The molecule has 1 N–H and O–H groups in total. The summed E-state index contributed by atoms with van der Waals surface area (Å²) in [6, 6.07) is 7.45. The lowest BCUT2D eigenvalue weighted by Crippen LogP contribution is -2.38. The Balaban J connectivity index is 2.13. The van der Waals surface area contributed by atoms with E-state index in [2.05, 4.69) is 5.32 Å². The molecule has 1 aromatic carbocycles. The van der Waals surface area contributed by atoms with Gasteiger partial charge >= 0.3 is 0 Å². The van der Waals surface area contributed by atoms with Gasteiger partial charge in [-0.2, -0.15) is 0 Å². The Morgan fingerprint density at radius 1 is 1.45 bits per heavy atom. The highest BCUT2D eigenvalue weighted by molar-refractivity contribution is 6.17. The summed E-state index contributed by atoms with van der Waals surface area (Å²) < 4.78 is 10.6. The number of nitrogens with one attached hydrogen (secondary N) is 1. The number of benzene rings is 1. The summed E-state index contributed by atoms with van der Waals surface area (Å²) in [5.41, 5.74) is 1.84. The topological polar surface area (TPSA) is 51.5 Å². The van der Waals surface area contributed by atoms with Crippen molar-refractivity contribution >= 4 is 28.5 Å². The molecule has 108 valence electrons. The molecule has 1 unspecified atom stereocenters. The summed E-state index contributed by atoms with van der Waals surface area (Å²) in [6.07, 6.45) is 0.653. The maximum Gasteiger partial charge on any atom is 0.287 e. The van der Waals surface area contributed by atoms with Crippen LogP contribution in [-0.2, 0) is 4.74 Å². The molecule has 0 bridgehead atoms. The number of hydrogen-bond acceptors (Lipinski definition) is 3. The van der Waals surface area contributed by atoms with Crippen molar-refractivity contribution in [2.75, 3.05) is 19.6 Å². The van der Waals surface area contributed by atoms with E-state index in [1.54, 1.807) is 13.2 Å². The third kappa shape index (κ3) is 3.52. The molecule has 0 fully saturated rings. The molecule has 0 aliphatic carbocycles. The quantitative estimate of drug-likeness (QED) is 0.833. The first kappa shape index (κ1) is 14.9. The summed E-state index contributed by atoms with van der Waals surface area (Å²) in [5.74, 6) is 0.528. The lowest BCUT2D eigenvalue weighted by Gasteiger charge is -2.15. The first-order chi connectivity index (χ1) is 9.63. The van der Waals surface area contributed by atoms with Crippen LogP contribution in [0.3, 0.4) is 0 Å². The first-order valence-electron chi connectivity index (χ1n) is 6.50. The molecule has 4 nitrogen and oxygen atoms in total. The van der Waals surface area contributed by atoms with Gasteiger partial charge in [-0.25, -0.2) is 0 Å². The van der Waals surface area contributed by atoms with Gasteiger partial charge in [0.05, 0.1) is 12.6 Å². The van der Waals surface area contributed by atoms with Crippen molar-refractivity contribution in [2.24, 2.45) is 0 Å². The molecule has 5 heteroatoms. The second-order valence-corrected chi connectivity index (χ2v) is 5.13. The number of hydrogen-bond donors (Lipinski definition) is 1. The standard InChI is InChI=1S/C15H18ClNO3/c1-10-3-4-13-11(7-10)8-14(20-13)15(18)17-12(5-6-16)9-19-2/h3-4,7-8,12H,5-6,9H2,1-2H3,(H,17,18). The molecule has 1 atom stereocenters. The minimum Gasteiger partial charge on any atom is -0.451 e. The van der Waals surface area contributed by atoms with Crippen molar-refractivity contribution in [2.45, 2.75) is 19.4 Å². The maximum absolute atomic E-state index is 12.2. The van der Waals surface area contributed by atoms with Crippen LogP contribution in [0.4, 0.5) is 0 Å². The Morgan fingerprint density at radius 2 is 2.25 bits per heavy atom. The zero-order chi connectivity index (χ0) is 14.5. The van der Waals surface area contributed by atoms with Gasteiger partial charge in [-0.1, -0.05) is 11.6 Å². The van der Waals surface area contributed by atoms with Crippen LogP contribution in [0.1, 0.15) is 22.5 Å². The number of furan rings is 1. The Hall–Kier alpha value is -1.52. The van der Waals surface area contributed by atoms with Gasteiger partial charge in [0.2, 0.25) is 0 Å². The predicted octanol–water partition coefficient (Wildman–Crippen LogP) is 3.11. The van der Waals surface area contributed by atoms with Crippen LogP contribution in [0.5, 0.6) is 0 Å². The fourth-order valence-corrected chi connectivity index (χ4v) is 2.32. The summed E-state index contributed by atoms with van der Waals surface area (Å²) in [4.78, 5) is 12.2. The Morgan fingerprint density at radius 3 is 2.95 bits per heavy atom. The molecule has 0 saturated carbocycles. The van der Waals surface area contributed by atoms with Crippen molar-refractivity contribution in [1.29, 1.82) is 0 Å². The van der Waals surface area contributed by atoms with Crippen LogP contribution >= 0.6 is 11.6 Å². The monoisotopic (exact) mass is 295 g/mol. The van der Waals surface area contributed by atoms with Crippen LogP contribution in [0, 0.1) is 6.92 Å². The molecule has 1 amide bonds. The zero-order valence-electron chi connectivity index (χ0n) is 11.6. The highest BCUT2D eigenvalue weighted by atomic mass is 35.5. The van der Waals surface area contributed by atoms with Gasteiger partial charge < -0.3 is 14.5 Å². The molecule has 0 radical (unpaired) electrons. The number of amides is 1. The zero-order valence-corrected chi connectivity index (χ0v) is 12.4. The molecule has 1 aromatic heterocycles. The van der Waals surface area contributed by atoms with Gasteiger partial charge in [0.1, 0.15) is 5.58 Å². The maximum atomic E-state index is 12.2. The van der Waals surface area contributed by atoms with E-state index in [-0.39, 0.29) is 11.9 Å². The fraction of sp³-hybridized carbons (Fsp3) is 0.400. The number of alkyl halides is 1. The van der Waals surface area contributed by atoms with Gasteiger partial charge in [0, 0.05) is 18.4 Å². The third-order valence-electron chi connectivity index (χ3n) is 3.06. The van der Waals surface area contributed by atoms with Gasteiger partial charge in [0.25, 0.3) is 5.91 Å². The second-order valence-electron chi connectivity index (χ2n) is 4.76. The summed E-state index contributed by atoms with van der Waals surface area (Å²) in [6.45, 7) is 2.43. The highest BCUT2D eigenvalue weighted by Gasteiger charge is 2.17. The van der Waals surface area contributed by atoms with Crippen LogP contribution < -0.4 is 5.32 Å². The van der Waals surface area contributed by atoms with E-state index in [9.17, 15) is 4.79 Å². The Kier molecular flexibility index (Phi) is 5.04. The van der Waals surface area contributed by atoms with E-state index in [0.29, 0.717) is 30.3 Å². The Labute approximate surface area is 123 Å². The lowest BCUT2D eigenvalue weighted by molar-refractivity contribution is 0.0870. The van der Waals surface area contributed by atoms with E-state index in [1.807, 2.05) is 25.1 Å². The molecule has 0 aliphatic rings. The molecule has 0 aliphatic heterocycles. The average Bonchev–Trinajstić information content (AvgIpc) is 2.82. The van der Waals surface area contributed by atoms with Crippen LogP contribution in [0.2, 0.25) is 0 Å². The smallest absolute Gasteiger partial charge is 0.287 e. The second kappa shape index (κ2) is 6.77. The average molecular weight is 296 g/mol. The predicted molar refractivity (Wildman–Crippen MR) is 79.4 cm³/mol. The highest BCUT2D eigenvalue weighted by Crippen LogP contribution is 2.20. The van der Waals surface area contributed by atoms with Crippen LogP contribution in [-0.4, -0.2) is 31.5 Å². The van der Waals surface area contributed by atoms with Crippen molar-refractivity contribution in [3.05, 3.63) is 35.6 Å². The number of methoxy groups -OCH3 is 1. The number of rotatable bonds is 6. The SMILES string of the molecule is COCC(CCCl)NC(=O)c1cc2cc(C)ccc2o1. The van der Waals surface area contributed by atoms with Crippen molar-refractivity contribution in [3.8, 4) is 0 Å². The molecule has 2 aromatic rings. The number of ether oxygens (including phenoxy) is 1. The van der Waals surface area contributed by atoms with E-state index in [4.69, 9.17) is 20.8 Å². The van der Waals surface area contributed by atoms with E-state index >= 15 is 0 Å². The molecule has 20 heavy (non-hydrogen) atoms. The van der Waals surface area contributed by atoms with Crippen molar-refractivity contribution in [3.63, 3.8) is 0 Å². The molecular weight excluding hydrogens is 278 g/mol. The number of halogens is 1. The van der Waals surface area contributed by atoms with Crippen molar-refractivity contribution < 1.29 is 13.9 Å². The summed E-state index contributed by atoms with van der Waals surface area (Å²) in [7, 11) is 1.59. The third-order valence-corrected chi connectivity index (χ3v) is 3.27. The number of aryl methyl sites for hydroxylation is 1. The van der Waals surface area contributed by atoms with Gasteiger partial charge in [-0.05, 0) is 31.5 Å². The lowest BCUT2D eigenvalue weighted by atomic mass is 10.2. The van der Waals surface area contributed by atoms with Crippen LogP contribution in [0.15, 0.2) is 28.7 Å². The molecule has 0 spiro atoms. The normalized spacial score (nSPS) is 12.6. The first-order valence-corrected chi connectivity index (χ1v) is 7.03. The largest absolute Gasteiger partial charge is 0.451 e. The van der Waals surface area contributed by atoms with Gasteiger partial charge in [0.15, 0.2) is 5.76 Å². The molecule has 0 saturated heterocycles. The van der Waals surface area contributed by atoms with E-state index in [0.717, 1.165) is 10.9 Å². The van der Waals surface area contributed by atoms with E-state index in [1.165, 1.54) is 0 Å². The van der Waals surface area contributed by atoms with Crippen LogP contribution in [0.25, 0.3) is 11.0 Å². The fourth-order valence-electron chi connectivity index (χ4n) is 2.06. The summed E-state index contributed by atoms with van der Waals surface area (Å²) in [5, 5.41) is 3.80. The van der Waals surface area contributed by atoms with Crippen molar-refractivity contribution in [1.82, 2.24) is 5.32 Å². The number of carbonyl (C=O) groups is 1. The van der Waals surface area contributed by atoms with Gasteiger partial charge in [-0.15, -0.1) is 11.6 Å². The minimum atomic E-state index is -0.244. The Bertz CT molecular complexity index is 588. The minimum absolute atomic E-state index is 0.111. The molecule has 2 rings (SSSR count). The molecule has 1 heterocycles. The number of carbonyl (C=O) groups excluding carboxylic acids is 1.